The van der Waals surface area contributed by atoms with E-state index in [-0.39, 0.29) is 12.4 Å². The van der Waals surface area contributed by atoms with Crippen LogP contribution >= 0.6 is 7.60 Å². The van der Waals surface area contributed by atoms with E-state index in [2.05, 4.69) is 5.32 Å². The lowest BCUT2D eigenvalue weighted by atomic mass is 10.2. The van der Waals surface area contributed by atoms with Crippen LogP contribution in [-0.4, -0.2) is 38.8 Å². The van der Waals surface area contributed by atoms with Crippen LogP contribution in [0.1, 0.15) is 19.4 Å². The Morgan fingerprint density at radius 3 is 2.05 bits per heavy atom. The Morgan fingerprint density at radius 2 is 1.67 bits per heavy atom. The van der Waals surface area contributed by atoms with E-state index in [0.717, 1.165) is 11.3 Å². The van der Waals surface area contributed by atoms with Gasteiger partial charge in [0.2, 0.25) is 0 Å². The number of ether oxygens (including phenoxy) is 1. The molecule has 0 aromatic heterocycles. The van der Waals surface area contributed by atoms with Gasteiger partial charge in [-0.05, 0) is 31.5 Å². The van der Waals surface area contributed by atoms with Crippen LogP contribution in [0.15, 0.2) is 24.3 Å². The minimum absolute atomic E-state index is 0.250. The van der Waals surface area contributed by atoms with Gasteiger partial charge in [0.05, 0.1) is 7.11 Å². The van der Waals surface area contributed by atoms with Crippen molar-refractivity contribution in [3.63, 3.8) is 0 Å². The number of methoxy groups -OCH3 is 1. The van der Waals surface area contributed by atoms with Crippen LogP contribution in [0.25, 0.3) is 0 Å². The summed E-state index contributed by atoms with van der Waals surface area (Å²) in [5.74, 6) is 0.445. The fourth-order valence-electron chi connectivity index (χ4n) is 1.51. The van der Waals surface area contributed by atoms with Crippen LogP contribution < -0.4 is 10.1 Å². The highest BCUT2D eigenvalue weighted by Gasteiger charge is 2.29. The van der Waals surface area contributed by atoms with Crippen LogP contribution in [0.4, 0.5) is 0 Å². The van der Waals surface area contributed by atoms with Crippen molar-refractivity contribution in [3.05, 3.63) is 29.8 Å². The summed E-state index contributed by atoms with van der Waals surface area (Å²) in [5.41, 5.74) is 1.07. The maximum Gasteiger partial charge on any atom is 0.346 e. The Balaban J connectivity index is 0.00000122. The molecule has 1 atom stereocenters. The van der Waals surface area contributed by atoms with Crippen LogP contribution in [0, 0.1) is 0 Å². The summed E-state index contributed by atoms with van der Waals surface area (Å²) < 4.78 is 27.0. The fraction of sp³-hybridized carbons (Fsp3) is 0.571. The lowest BCUT2D eigenvalue weighted by molar-refractivity contribution is 0.261. The first kappa shape index (κ1) is 20.1. The van der Waals surface area contributed by atoms with E-state index in [0.29, 0.717) is 6.54 Å². The maximum atomic E-state index is 12.0. The smallest absolute Gasteiger partial charge is 0.346 e. The minimum atomic E-state index is -3.06. The van der Waals surface area contributed by atoms with E-state index in [1.165, 1.54) is 14.2 Å². The molecule has 0 heterocycles. The summed E-state index contributed by atoms with van der Waals surface area (Å²) in [7, 11) is 1.34. The van der Waals surface area contributed by atoms with E-state index < -0.39 is 7.60 Å². The normalized spacial score (nSPS) is 12.3. The van der Waals surface area contributed by atoms with E-state index in [9.17, 15) is 4.57 Å². The molecule has 0 aliphatic heterocycles. The summed E-state index contributed by atoms with van der Waals surface area (Å²) in [4.78, 5) is 0. The highest BCUT2D eigenvalue weighted by atomic mass is 31.2. The highest BCUT2D eigenvalue weighted by Crippen LogP contribution is 2.50. The Morgan fingerprint density at radius 1 is 1.19 bits per heavy atom. The number of aliphatic hydroxyl groups is 1. The van der Waals surface area contributed by atoms with Gasteiger partial charge in [-0.2, -0.15) is 0 Å². The molecule has 0 spiro atoms. The number of hydrogen-bond acceptors (Lipinski definition) is 6. The van der Waals surface area contributed by atoms with Crippen LogP contribution in [0.2, 0.25) is 0 Å². The molecule has 122 valence electrons. The summed E-state index contributed by atoms with van der Waals surface area (Å²) in [5, 5.41) is 10.7. The highest BCUT2D eigenvalue weighted by molar-refractivity contribution is 7.54. The summed E-state index contributed by atoms with van der Waals surface area (Å²) >= 11 is 0. The van der Waals surface area contributed by atoms with Gasteiger partial charge in [0, 0.05) is 27.4 Å². The first-order valence-corrected chi connectivity index (χ1v) is 8.26. The third kappa shape index (κ3) is 7.07. The molecule has 0 radical (unpaired) electrons. The largest absolute Gasteiger partial charge is 0.497 e. The lowest BCUT2D eigenvalue weighted by Gasteiger charge is -2.21. The van der Waals surface area contributed by atoms with Crippen LogP contribution in [0.5, 0.6) is 5.75 Å². The van der Waals surface area contributed by atoms with Crippen molar-refractivity contribution in [2.45, 2.75) is 26.2 Å². The Kier molecular flexibility index (Phi) is 10.3. The molecular weight excluding hydrogens is 293 g/mol. The van der Waals surface area contributed by atoms with Gasteiger partial charge in [0.25, 0.3) is 0 Å². The number of hydrogen-bond donors (Lipinski definition) is 2. The molecule has 0 aliphatic carbocycles. The fourth-order valence-corrected chi connectivity index (χ4v) is 2.61. The zero-order valence-corrected chi connectivity index (χ0v) is 14.2. The molecular formula is C14H26NO5P. The number of rotatable bonds is 7. The molecule has 1 aromatic carbocycles. The summed E-state index contributed by atoms with van der Waals surface area (Å²) in [6, 6.07) is 7.66. The van der Waals surface area contributed by atoms with Gasteiger partial charge in [0.1, 0.15) is 11.5 Å². The zero-order chi connectivity index (χ0) is 16.3. The predicted molar refractivity (Wildman–Crippen MR) is 83.7 cm³/mol. The van der Waals surface area contributed by atoms with Gasteiger partial charge in [-0.3, -0.25) is 9.88 Å². The van der Waals surface area contributed by atoms with Gasteiger partial charge in [-0.1, -0.05) is 12.1 Å². The third-order valence-corrected chi connectivity index (χ3v) is 4.89. The monoisotopic (exact) mass is 319 g/mol. The van der Waals surface area contributed by atoms with Crippen molar-refractivity contribution in [1.29, 1.82) is 0 Å². The van der Waals surface area contributed by atoms with Gasteiger partial charge >= 0.3 is 7.60 Å². The predicted octanol–water partition coefficient (Wildman–Crippen LogP) is 2.62. The quantitative estimate of drug-likeness (QED) is 0.752. The Labute approximate surface area is 127 Å². The lowest BCUT2D eigenvalue weighted by Crippen LogP contribution is -2.26. The first-order valence-electron chi connectivity index (χ1n) is 6.65. The topological polar surface area (TPSA) is 77.0 Å². The molecule has 2 N–H and O–H groups in total. The second-order valence-electron chi connectivity index (χ2n) is 4.13. The molecule has 1 aromatic rings. The van der Waals surface area contributed by atoms with E-state index >= 15 is 0 Å². The number of nitrogens with one attached hydrogen (secondary N) is 1. The van der Waals surface area contributed by atoms with Crippen LogP contribution in [-0.2, 0) is 20.2 Å². The number of aliphatic hydroxyl groups excluding tert-OH is 1. The molecule has 1 unspecified atom stereocenters. The van der Waals surface area contributed by atoms with Crippen molar-refractivity contribution >= 4 is 7.60 Å². The standard InChI is InChI=1S/C12H20NO4P.C2H6O/c1-10(18(14,16-3)17-4)13-9-11-5-7-12(15-2)8-6-11;1-2-3/h5-8,10,13H,9H2,1-4H3;3H,2H2,1H3. The molecule has 0 saturated carbocycles. The summed E-state index contributed by atoms with van der Waals surface area (Å²) in [6.07, 6.45) is 0. The molecule has 0 saturated heterocycles. The van der Waals surface area contributed by atoms with Crippen LogP contribution in [0.3, 0.4) is 0 Å². The zero-order valence-electron chi connectivity index (χ0n) is 13.3. The van der Waals surface area contributed by atoms with Crippen molar-refractivity contribution in [2.24, 2.45) is 0 Å². The molecule has 0 aliphatic rings. The second kappa shape index (κ2) is 10.8. The van der Waals surface area contributed by atoms with Crippen molar-refractivity contribution in [3.8, 4) is 5.75 Å². The van der Waals surface area contributed by atoms with Crippen molar-refractivity contribution < 1.29 is 23.5 Å². The number of benzene rings is 1. The second-order valence-corrected chi connectivity index (χ2v) is 6.71. The van der Waals surface area contributed by atoms with Crippen molar-refractivity contribution in [1.82, 2.24) is 5.32 Å². The molecule has 6 nitrogen and oxygen atoms in total. The van der Waals surface area contributed by atoms with Gasteiger partial charge in [-0.25, -0.2) is 0 Å². The molecule has 0 bridgehead atoms. The Hall–Kier alpha value is -0.910. The van der Waals surface area contributed by atoms with Gasteiger partial charge in [0.15, 0.2) is 0 Å². The van der Waals surface area contributed by atoms with E-state index in [1.54, 1.807) is 21.0 Å². The SMILES string of the molecule is CCO.COc1ccc(CNC(C)P(=O)(OC)OC)cc1. The van der Waals surface area contributed by atoms with Crippen molar-refractivity contribution in [2.75, 3.05) is 27.9 Å². The minimum Gasteiger partial charge on any atom is -0.497 e. The van der Waals surface area contributed by atoms with E-state index in [1.807, 2.05) is 24.3 Å². The average Bonchev–Trinajstić information content (AvgIpc) is 2.53. The molecule has 21 heavy (non-hydrogen) atoms. The van der Waals surface area contributed by atoms with E-state index in [4.69, 9.17) is 18.9 Å². The molecule has 1 rings (SSSR count). The summed E-state index contributed by atoms with van der Waals surface area (Å²) in [6.45, 7) is 4.29. The van der Waals surface area contributed by atoms with Gasteiger partial charge in [-0.15, -0.1) is 0 Å². The maximum absolute atomic E-state index is 12.0. The molecule has 7 heteroatoms. The third-order valence-electron chi connectivity index (χ3n) is 2.74. The molecule has 0 fully saturated rings. The Bertz CT molecular complexity index is 416. The average molecular weight is 319 g/mol. The molecule has 0 amide bonds. The van der Waals surface area contributed by atoms with Gasteiger partial charge < -0.3 is 18.9 Å². The first-order chi connectivity index (χ1) is 9.97.